The van der Waals surface area contributed by atoms with Crippen LogP contribution in [0.3, 0.4) is 0 Å². The SMILES string of the molecule is CC1COCCC1N(C)C(C)(C)C(=O)O. The smallest absolute Gasteiger partial charge is 0.323 e. The van der Waals surface area contributed by atoms with Crippen LogP contribution in [0.5, 0.6) is 0 Å². The van der Waals surface area contributed by atoms with Crippen molar-refractivity contribution in [2.75, 3.05) is 20.3 Å². The molecule has 88 valence electrons. The van der Waals surface area contributed by atoms with Gasteiger partial charge in [0, 0.05) is 12.6 Å². The Kier molecular flexibility index (Phi) is 3.73. The largest absolute Gasteiger partial charge is 0.480 e. The lowest BCUT2D eigenvalue weighted by Gasteiger charge is -2.42. The highest BCUT2D eigenvalue weighted by atomic mass is 16.5. The van der Waals surface area contributed by atoms with E-state index in [0.717, 1.165) is 19.6 Å². The predicted molar refractivity (Wildman–Crippen MR) is 57.9 cm³/mol. The van der Waals surface area contributed by atoms with Crippen molar-refractivity contribution in [1.29, 1.82) is 0 Å². The average molecular weight is 215 g/mol. The van der Waals surface area contributed by atoms with Crippen LogP contribution in [0.4, 0.5) is 0 Å². The number of carboxylic acids is 1. The van der Waals surface area contributed by atoms with Crippen LogP contribution in [0, 0.1) is 5.92 Å². The minimum Gasteiger partial charge on any atom is -0.480 e. The summed E-state index contributed by atoms with van der Waals surface area (Å²) in [5.41, 5.74) is -0.809. The monoisotopic (exact) mass is 215 g/mol. The van der Waals surface area contributed by atoms with Gasteiger partial charge in [-0.05, 0) is 33.2 Å². The molecule has 1 saturated heterocycles. The van der Waals surface area contributed by atoms with Gasteiger partial charge in [0.15, 0.2) is 0 Å². The summed E-state index contributed by atoms with van der Waals surface area (Å²) in [6.07, 6.45) is 0.911. The molecule has 0 spiro atoms. The van der Waals surface area contributed by atoms with Crippen LogP contribution in [0.25, 0.3) is 0 Å². The van der Waals surface area contributed by atoms with Gasteiger partial charge < -0.3 is 9.84 Å². The van der Waals surface area contributed by atoms with Gasteiger partial charge in [-0.25, -0.2) is 0 Å². The number of hydrogen-bond acceptors (Lipinski definition) is 3. The third kappa shape index (κ3) is 2.49. The van der Waals surface area contributed by atoms with Crippen molar-refractivity contribution in [2.45, 2.75) is 38.8 Å². The summed E-state index contributed by atoms with van der Waals surface area (Å²) in [6, 6.07) is 0.296. The fourth-order valence-electron chi connectivity index (χ4n) is 2.01. The van der Waals surface area contributed by atoms with Gasteiger partial charge in [-0.2, -0.15) is 0 Å². The number of hydrogen-bond donors (Lipinski definition) is 1. The van der Waals surface area contributed by atoms with Crippen LogP contribution in [0.15, 0.2) is 0 Å². The average Bonchev–Trinajstić information content (AvgIpc) is 2.17. The molecule has 4 nitrogen and oxygen atoms in total. The molecule has 1 fully saturated rings. The fraction of sp³-hybridized carbons (Fsp3) is 0.909. The van der Waals surface area contributed by atoms with Crippen molar-refractivity contribution in [3.8, 4) is 0 Å². The van der Waals surface area contributed by atoms with Crippen molar-refractivity contribution >= 4 is 5.97 Å². The first-order valence-corrected chi connectivity index (χ1v) is 5.41. The maximum Gasteiger partial charge on any atom is 0.323 e. The molecule has 4 heteroatoms. The van der Waals surface area contributed by atoms with Crippen LogP contribution in [0.2, 0.25) is 0 Å². The highest BCUT2D eigenvalue weighted by Gasteiger charge is 2.38. The van der Waals surface area contributed by atoms with E-state index in [0.29, 0.717) is 12.0 Å². The summed E-state index contributed by atoms with van der Waals surface area (Å²) in [4.78, 5) is 13.1. The second kappa shape index (κ2) is 4.49. The van der Waals surface area contributed by atoms with Gasteiger partial charge >= 0.3 is 5.97 Å². The second-order valence-electron chi connectivity index (χ2n) is 4.88. The molecule has 1 heterocycles. The molecule has 0 aliphatic carbocycles. The molecule has 2 atom stereocenters. The Morgan fingerprint density at radius 1 is 1.53 bits per heavy atom. The van der Waals surface area contributed by atoms with E-state index in [1.54, 1.807) is 13.8 Å². The van der Waals surface area contributed by atoms with Crippen LogP contribution in [-0.4, -0.2) is 47.8 Å². The Morgan fingerprint density at radius 2 is 2.13 bits per heavy atom. The van der Waals surface area contributed by atoms with Crippen LogP contribution < -0.4 is 0 Å². The fourth-order valence-corrected chi connectivity index (χ4v) is 2.01. The Balaban J connectivity index is 2.73. The molecule has 15 heavy (non-hydrogen) atoms. The first kappa shape index (κ1) is 12.5. The zero-order valence-corrected chi connectivity index (χ0v) is 9.99. The highest BCUT2D eigenvalue weighted by molar-refractivity contribution is 5.77. The normalized spacial score (nSPS) is 28.1. The Labute approximate surface area is 91.2 Å². The van der Waals surface area contributed by atoms with Gasteiger partial charge in [-0.1, -0.05) is 6.92 Å². The molecule has 1 aliphatic rings. The van der Waals surface area contributed by atoms with E-state index in [4.69, 9.17) is 9.84 Å². The molecular weight excluding hydrogens is 194 g/mol. The number of carboxylic acid groups (broad SMARTS) is 1. The van der Waals surface area contributed by atoms with E-state index in [-0.39, 0.29) is 0 Å². The molecule has 0 radical (unpaired) electrons. The van der Waals surface area contributed by atoms with Gasteiger partial charge in [0.05, 0.1) is 6.61 Å². The molecule has 0 aromatic rings. The Bertz CT molecular complexity index is 240. The lowest BCUT2D eigenvalue weighted by molar-refractivity contribution is -0.152. The maximum atomic E-state index is 11.1. The quantitative estimate of drug-likeness (QED) is 0.768. The highest BCUT2D eigenvalue weighted by Crippen LogP contribution is 2.25. The predicted octanol–water partition coefficient (Wildman–Crippen LogP) is 1.21. The topological polar surface area (TPSA) is 49.8 Å². The van der Waals surface area contributed by atoms with Gasteiger partial charge in [-0.3, -0.25) is 9.69 Å². The minimum atomic E-state index is -0.809. The maximum absolute atomic E-state index is 11.1. The van der Waals surface area contributed by atoms with Gasteiger partial charge in [0.25, 0.3) is 0 Å². The lowest BCUT2D eigenvalue weighted by atomic mass is 9.91. The molecule has 1 N–H and O–H groups in total. The Hall–Kier alpha value is -0.610. The molecule has 0 amide bonds. The van der Waals surface area contributed by atoms with E-state index in [1.165, 1.54) is 0 Å². The molecule has 1 aliphatic heterocycles. The number of likely N-dealkylation sites (N-methyl/N-ethyl adjacent to an activating group) is 1. The van der Waals surface area contributed by atoms with E-state index in [2.05, 4.69) is 6.92 Å². The number of rotatable bonds is 3. The van der Waals surface area contributed by atoms with E-state index >= 15 is 0 Å². The van der Waals surface area contributed by atoms with Gasteiger partial charge in [-0.15, -0.1) is 0 Å². The van der Waals surface area contributed by atoms with E-state index < -0.39 is 11.5 Å². The van der Waals surface area contributed by atoms with Gasteiger partial charge in [0.2, 0.25) is 0 Å². The number of carbonyl (C=O) groups is 1. The third-order valence-electron chi connectivity index (χ3n) is 3.50. The van der Waals surface area contributed by atoms with Crippen molar-refractivity contribution in [3.05, 3.63) is 0 Å². The zero-order valence-electron chi connectivity index (χ0n) is 9.99. The summed E-state index contributed by atoms with van der Waals surface area (Å²) in [5, 5.41) is 9.16. The first-order chi connectivity index (χ1) is 6.87. The Morgan fingerprint density at radius 3 is 2.60 bits per heavy atom. The molecule has 0 aromatic heterocycles. The van der Waals surface area contributed by atoms with Gasteiger partial charge in [0.1, 0.15) is 5.54 Å². The summed E-state index contributed by atoms with van der Waals surface area (Å²) in [5.74, 6) is -0.383. The minimum absolute atomic E-state index is 0.296. The molecule has 0 aromatic carbocycles. The summed E-state index contributed by atoms with van der Waals surface area (Å²) < 4.78 is 5.36. The molecule has 0 bridgehead atoms. The van der Waals surface area contributed by atoms with Crippen molar-refractivity contribution in [2.24, 2.45) is 5.92 Å². The number of ether oxygens (including phenoxy) is 1. The van der Waals surface area contributed by atoms with Crippen LogP contribution in [-0.2, 0) is 9.53 Å². The number of aliphatic carboxylic acids is 1. The second-order valence-corrected chi connectivity index (χ2v) is 4.88. The van der Waals surface area contributed by atoms with Crippen molar-refractivity contribution in [1.82, 2.24) is 4.90 Å². The first-order valence-electron chi connectivity index (χ1n) is 5.41. The molecular formula is C11H21NO3. The summed E-state index contributed by atoms with van der Waals surface area (Å²) in [6.45, 7) is 7.06. The lowest BCUT2D eigenvalue weighted by Crippen LogP contribution is -2.56. The standard InChI is InChI=1S/C11H21NO3/c1-8-7-15-6-5-9(8)12(4)11(2,3)10(13)14/h8-9H,5-7H2,1-4H3,(H,13,14). The molecule has 2 unspecified atom stereocenters. The van der Waals surface area contributed by atoms with E-state index in [9.17, 15) is 4.79 Å². The van der Waals surface area contributed by atoms with Crippen LogP contribution >= 0.6 is 0 Å². The molecule has 1 rings (SSSR count). The van der Waals surface area contributed by atoms with Crippen molar-refractivity contribution < 1.29 is 14.6 Å². The summed E-state index contributed by atoms with van der Waals surface area (Å²) >= 11 is 0. The molecule has 0 saturated carbocycles. The van der Waals surface area contributed by atoms with E-state index in [1.807, 2.05) is 11.9 Å². The number of nitrogens with zero attached hydrogens (tertiary/aromatic N) is 1. The van der Waals surface area contributed by atoms with Crippen molar-refractivity contribution in [3.63, 3.8) is 0 Å². The zero-order chi connectivity index (χ0) is 11.6. The summed E-state index contributed by atoms with van der Waals surface area (Å²) in [7, 11) is 1.89. The third-order valence-corrected chi connectivity index (χ3v) is 3.50. The van der Waals surface area contributed by atoms with Crippen LogP contribution in [0.1, 0.15) is 27.2 Å².